The van der Waals surface area contributed by atoms with Crippen molar-refractivity contribution in [3.63, 3.8) is 0 Å². The highest BCUT2D eigenvalue weighted by atomic mass is 16.5. The standard InChI is InChI=1S/C15H24N4O2/c1-19(11-14(20)16-8-9-21-2)15-12(4-3-7-17-15)10-18-13-5-6-13/h3-4,7,13,18H,5-6,8-11H2,1-2H3,(H,16,20). The fourth-order valence-electron chi connectivity index (χ4n) is 2.09. The number of pyridine rings is 1. The monoisotopic (exact) mass is 292 g/mol. The highest BCUT2D eigenvalue weighted by molar-refractivity contribution is 5.81. The number of methoxy groups -OCH3 is 1. The molecule has 0 radical (unpaired) electrons. The number of nitrogens with one attached hydrogen (secondary N) is 2. The van der Waals surface area contributed by atoms with Crippen LogP contribution in [0.15, 0.2) is 18.3 Å². The van der Waals surface area contributed by atoms with E-state index in [1.807, 2.05) is 18.0 Å². The molecule has 0 aliphatic heterocycles. The fourth-order valence-corrected chi connectivity index (χ4v) is 2.09. The van der Waals surface area contributed by atoms with E-state index >= 15 is 0 Å². The SMILES string of the molecule is COCCNC(=O)CN(C)c1ncccc1CNC1CC1. The van der Waals surface area contributed by atoms with Crippen LogP contribution in [0, 0.1) is 0 Å². The topological polar surface area (TPSA) is 66.5 Å². The molecular formula is C15H24N4O2. The third-order valence-electron chi connectivity index (χ3n) is 3.40. The van der Waals surface area contributed by atoms with Crippen LogP contribution in [0.5, 0.6) is 0 Å². The van der Waals surface area contributed by atoms with Crippen molar-refractivity contribution >= 4 is 11.7 Å². The Morgan fingerprint density at radius 3 is 3.05 bits per heavy atom. The van der Waals surface area contributed by atoms with Gasteiger partial charge in [0.2, 0.25) is 5.91 Å². The maximum Gasteiger partial charge on any atom is 0.239 e. The fraction of sp³-hybridized carbons (Fsp3) is 0.600. The lowest BCUT2D eigenvalue weighted by molar-refractivity contribution is -0.119. The van der Waals surface area contributed by atoms with E-state index < -0.39 is 0 Å². The van der Waals surface area contributed by atoms with E-state index in [2.05, 4.69) is 21.7 Å². The molecule has 116 valence electrons. The van der Waals surface area contributed by atoms with E-state index in [9.17, 15) is 4.79 Å². The minimum Gasteiger partial charge on any atom is -0.383 e. The molecule has 21 heavy (non-hydrogen) atoms. The molecule has 1 aromatic rings. The zero-order valence-corrected chi connectivity index (χ0v) is 12.8. The first kappa shape index (κ1) is 15.7. The summed E-state index contributed by atoms with van der Waals surface area (Å²) in [4.78, 5) is 18.1. The summed E-state index contributed by atoms with van der Waals surface area (Å²) in [6.45, 7) is 2.14. The summed E-state index contributed by atoms with van der Waals surface area (Å²) in [5.41, 5.74) is 1.12. The van der Waals surface area contributed by atoms with Crippen molar-refractivity contribution < 1.29 is 9.53 Å². The van der Waals surface area contributed by atoms with Crippen LogP contribution in [0.1, 0.15) is 18.4 Å². The third-order valence-corrected chi connectivity index (χ3v) is 3.40. The van der Waals surface area contributed by atoms with Crippen molar-refractivity contribution in [3.8, 4) is 0 Å². The van der Waals surface area contributed by atoms with E-state index in [1.54, 1.807) is 13.3 Å². The minimum atomic E-state index is -0.0266. The lowest BCUT2D eigenvalue weighted by atomic mass is 10.2. The summed E-state index contributed by atoms with van der Waals surface area (Å²) in [5.74, 6) is 0.828. The largest absolute Gasteiger partial charge is 0.383 e. The molecule has 2 N–H and O–H groups in total. The molecule has 1 heterocycles. The lowest BCUT2D eigenvalue weighted by Gasteiger charge is -2.20. The van der Waals surface area contributed by atoms with Crippen LogP contribution >= 0.6 is 0 Å². The Hall–Kier alpha value is -1.66. The summed E-state index contributed by atoms with van der Waals surface area (Å²) in [7, 11) is 3.50. The second kappa shape index (κ2) is 7.95. The molecule has 1 fully saturated rings. The Kier molecular flexibility index (Phi) is 5.95. The summed E-state index contributed by atoms with van der Waals surface area (Å²) >= 11 is 0. The van der Waals surface area contributed by atoms with Gasteiger partial charge in [0.15, 0.2) is 0 Å². The third kappa shape index (κ3) is 5.32. The summed E-state index contributed by atoms with van der Waals surface area (Å²) in [5, 5.41) is 6.29. The second-order valence-electron chi connectivity index (χ2n) is 5.34. The highest BCUT2D eigenvalue weighted by Gasteiger charge is 2.21. The number of hydrogen-bond donors (Lipinski definition) is 2. The molecule has 1 aromatic heterocycles. The number of carbonyl (C=O) groups excluding carboxylic acids is 1. The van der Waals surface area contributed by atoms with Crippen LogP contribution in [0.2, 0.25) is 0 Å². The maximum atomic E-state index is 11.8. The number of carbonyl (C=O) groups is 1. The molecule has 0 atom stereocenters. The predicted molar refractivity (Wildman–Crippen MR) is 82.3 cm³/mol. The summed E-state index contributed by atoms with van der Waals surface area (Å²) in [6, 6.07) is 4.64. The normalized spacial score (nSPS) is 14.0. The van der Waals surface area contributed by atoms with Gasteiger partial charge in [-0.1, -0.05) is 6.07 Å². The zero-order chi connectivity index (χ0) is 15.1. The minimum absolute atomic E-state index is 0.0266. The van der Waals surface area contributed by atoms with Gasteiger partial charge in [0.05, 0.1) is 13.2 Å². The van der Waals surface area contributed by atoms with Crippen LogP contribution in [-0.4, -0.2) is 50.8 Å². The van der Waals surface area contributed by atoms with E-state index in [4.69, 9.17) is 4.74 Å². The Labute approximate surface area is 125 Å². The molecular weight excluding hydrogens is 268 g/mol. The van der Waals surface area contributed by atoms with Gasteiger partial charge in [-0.05, 0) is 18.9 Å². The van der Waals surface area contributed by atoms with Gasteiger partial charge in [-0.15, -0.1) is 0 Å². The Balaban J connectivity index is 1.87. The Bertz CT molecular complexity index is 463. The molecule has 1 amide bonds. The number of likely N-dealkylation sites (N-methyl/N-ethyl adjacent to an activating group) is 1. The van der Waals surface area contributed by atoms with Crippen molar-refractivity contribution in [1.82, 2.24) is 15.6 Å². The Morgan fingerprint density at radius 1 is 1.52 bits per heavy atom. The highest BCUT2D eigenvalue weighted by Crippen LogP contribution is 2.21. The first-order chi connectivity index (χ1) is 10.2. The van der Waals surface area contributed by atoms with Crippen molar-refractivity contribution in [3.05, 3.63) is 23.9 Å². The molecule has 6 heteroatoms. The van der Waals surface area contributed by atoms with E-state index in [0.29, 0.717) is 19.2 Å². The number of hydrogen-bond acceptors (Lipinski definition) is 5. The molecule has 0 spiro atoms. The molecule has 6 nitrogen and oxygen atoms in total. The molecule has 1 aliphatic carbocycles. The number of anilines is 1. The van der Waals surface area contributed by atoms with Crippen LogP contribution in [0.25, 0.3) is 0 Å². The molecule has 0 aromatic carbocycles. The molecule has 1 saturated carbocycles. The maximum absolute atomic E-state index is 11.8. The summed E-state index contributed by atoms with van der Waals surface area (Å²) < 4.78 is 4.91. The van der Waals surface area contributed by atoms with Crippen molar-refractivity contribution in [2.75, 3.05) is 38.8 Å². The van der Waals surface area contributed by atoms with Crippen molar-refractivity contribution in [2.24, 2.45) is 0 Å². The van der Waals surface area contributed by atoms with E-state index in [0.717, 1.165) is 17.9 Å². The zero-order valence-electron chi connectivity index (χ0n) is 12.8. The Morgan fingerprint density at radius 2 is 2.33 bits per heavy atom. The van der Waals surface area contributed by atoms with E-state index in [-0.39, 0.29) is 12.5 Å². The van der Waals surface area contributed by atoms with Gasteiger partial charge in [-0.25, -0.2) is 4.98 Å². The molecule has 0 bridgehead atoms. The summed E-state index contributed by atoms with van der Waals surface area (Å²) in [6.07, 6.45) is 4.27. The number of rotatable bonds is 9. The van der Waals surface area contributed by atoms with Gasteiger partial charge >= 0.3 is 0 Å². The lowest BCUT2D eigenvalue weighted by Crippen LogP contribution is -2.37. The van der Waals surface area contributed by atoms with Crippen LogP contribution < -0.4 is 15.5 Å². The number of ether oxygens (including phenoxy) is 1. The van der Waals surface area contributed by atoms with E-state index in [1.165, 1.54) is 12.8 Å². The van der Waals surface area contributed by atoms with Gasteiger partial charge in [-0.3, -0.25) is 4.79 Å². The van der Waals surface area contributed by atoms with Crippen LogP contribution in [0.4, 0.5) is 5.82 Å². The van der Waals surface area contributed by atoms with Gasteiger partial charge in [0.1, 0.15) is 5.82 Å². The predicted octanol–water partition coefficient (Wildman–Crippen LogP) is 0.532. The average molecular weight is 292 g/mol. The van der Waals surface area contributed by atoms with Crippen molar-refractivity contribution in [1.29, 1.82) is 0 Å². The smallest absolute Gasteiger partial charge is 0.239 e. The van der Waals surface area contributed by atoms with Gasteiger partial charge in [0, 0.05) is 45.0 Å². The van der Waals surface area contributed by atoms with Crippen LogP contribution in [-0.2, 0) is 16.1 Å². The molecule has 1 aliphatic rings. The number of amides is 1. The number of nitrogens with zero attached hydrogens (tertiary/aromatic N) is 2. The number of aromatic nitrogens is 1. The average Bonchev–Trinajstić information content (AvgIpc) is 3.30. The van der Waals surface area contributed by atoms with Gasteiger partial charge in [0.25, 0.3) is 0 Å². The quantitative estimate of drug-likeness (QED) is 0.650. The van der Waals surface area contributed by atoms with Gasteiger partial charge < -0.3 is 20.3 Å². The van der Waals surface area contributed by atoms with Crippen LogP contribution in [0.3, 0.4) is 0 Å². The first-order valence-corrected chi connectivity index (χ1v) is 7.34. The molecule has 0 unspecified atom stereocenters. The second-order valence-corrected chi connectivity index (χ2v) is 5.34. The molecule has 2 rings (SSSR count). The van der Waals surface area contributed by atoms with Crippen molar-refractivity contribution in [2.45, 2.75) is 25.4 Å². The van der Waals surface area contributed by atoms with Gasteiger partial charge in [-0.2, -0.15) is 0 Å². The first-order valence-electron chi connectivity index (χ1n) is 7.34. The molecule has 0 saturated heterocycles.